The number of amides is 2. The highest BCUT2D eigenvalue weighted by Gasteiger charge is 2.16. The van der Waals surface area contributed by atoms with Crippen LogP contribution in [-0.4, -0.2) is 42.7 Å². The molecule has 0 bridgehead atoms. The highest BCUT2D eigenvalue weighted by molar-refractivity contribution is 8.00. The van der Waals surface area contributed by atoms with Gasteiger partial charge in [0.1, 0.15) is 5.75 Å². The van der Waals surface area contributed by atoms with Crippen LogP contribution < -0.4 is 10.1 Å². The molecule has 0 aliphatic heterocycles. The van der Waals surface area contributed by atoms with E-state index in [1.165, 1.54) is 18.1 Å². The van der Waals surface area contributed by atoms with E-state index in [0.29, 0.717) is 22.9 Å². The van der Waals surface area contributed by atoms with Crippen LogP contribution in [0.3, 0.4) is 0 Å². The van der Waals surface area contributed by atoms with Crippen molar-refractivity contribution in [1.82, 2.24) is 4.90 Å². The molecule has 0 saturated carbocycles. The number of carbonyl (C=O) groups excluding carboxylic acids is 2. The van der Waals surface area contributed by atoms with Crippen LogP contribution in [0.4, 0.5) is 14.5 Å². The first-order valence-corrected chi connectivity index (χ1v) is 9.21. The molecular weight excluding hydrogens is 374 g/mol. The molecule has 0 saturated heterocycles. The minimum atomic E-state index is -0.961. The Morgan fingerprint density at radius 2 is 1.93 bits per heavy atom. The van der Waals surface area contributed by atoms with Crippen LogP contribution in [0, 0.1) is 11.6 Å². The van der Waals surface area contributed by atoms with Crippen LogP contribution in [0.5, 0.6) is 5.75 Å². The van der Waals surface area contributed by atoms with E-state index in [2.05, 4.69) is 5.32 Å². The zero-order valence-electron chi connectivity index (χ0n) is 15.0. The Morgan fingerprint density at radius 3 is 2.59 bits per heavy atom. The number of ether oxygens (including phenoxy) is 1. The van der Waals surface area contributed by atoms with Crippen molar-refractivity contribution in [3.8, 4) is 5.75 Å². The Labute approximate surface area is 160 Å². The Morgan fingerprint density at radius 1 is 1.15 bits per heavy atom. The maximum Gasteiger partial charge on any atom is 0.243 e. The number of hydrogen-bond donors (Lipinski definition) is 1. The standard InChI is InChI=1S/C19H20F2N2O3S/c1-3-23(11-18(24)22-13-5-4-6-14(9-13)26-2)19(25)12-27-15-7-8-16(20)17(21)10-15/h4-10H,3,11-12H2,1-2H3,(H,22,24). The third-order valence-corrected chi connectivity index (χ3v) is 4.65. The van der Waals surface area contributed by atoms with E-state index < -0.39 is 11.6 Å². The average molecular weight is 394 g/mol. The molecule has 1 N–H and O–H groups in total. The van der Waals surface area contributed by atoms with Crippen LogP contribution >= 0.6 is 11.8 Å². The molecule has 8 heteroatoms. The van der Waals surface area contributed by atoms with Gasteiger partial charge in [0, 0.05) is 23.2 Å². The number of methoxy groups -OCH3 is 1. The van der Waals surface area contributed by atoms with Gasteiger partial charge < -0.3 is 15.0 Å². The molecule has 2 amide bonds. The molecule has 2 aromatic carbocycles. The molecule has 0 aliphatic rings. The fraction of sp³-hybridized carbons (Fsp3) is 0.263. The van der Waals surface area contributed by atoms with Crippen molar-refractivity contribution >= 4 is 29.3 Å². The molecule has 0 aromatic heterocycles. The highest BCUT2D eigenvalue weighted by atomic mass is 32.2. The number of carbonyl (C=O) groups is 2. The summed E-state index contributed by atoms with van der Waals surface area (Å²) in [7, 11) is 1.53. The molecule has 5 nitrogen and oxygen atoms in total. The number of benzene rings is 2. The molecule has 2 rings (SSSR count). The average Bonchev–Trinajstić information content (AvgIpc) is 2.66. The van der Waals surface area contributed by atoms with E-state index in [4.69, 9.17) is 4.74 Å². The Hall–Kier alpha value is -2.61. The van der Waals surface area contributed by atoms with Gasteiger partial charge in [0.05, 0.1) is 19.4 Å². The number of nitrogens with zero attached hydrogens (tertiary/aromatic N) is 1. The van der Waals surface area contributed by atoms with Crippen LogP contribution in [0.15, 0.2) is 47.4 Å². The van der Waals surface area contributed by atoms with E-state index in [-0.39, 0.29) is 24.1 Å². The predicted octanol–water partition coefficient (Wildman–Crippen LogP) is 3.55. The second-order valence-corrected chi connectivity index (χ2v) is 6.60. The first-order chi connectivity index (χ1) is 12.9. The van der Waals surface area contributed by atoms with Gasteiger partial charge in [0.25, 0.3) is 0 Å². The molecule has 27 heavy (non-hydrogen) atoms. The van der Waals surface area contributed by atoms with Crippen molar-refractivity contribution in [1.29, 1.82) is 0 Å². The highest BCUT2D eigenvalue weighted by Crippen LogP contribution is 2.21. The van der Waals surface area contributed by atoms with Gasteiger partial charge in [-0.1, -0.05) is 6.07 Å². The summed E-state index contributed by atoms with van der Waals surface area (Å²) < 4.78 is 31.3. The number of likely N-dealkylation sites (N-methyl/N-ethyl adjacent to an activating group) is 1. The lowest BCUT2D eigenvalue weighted by atomic mass is 10.3. The van der Waals surface area contributed by atoms with E-state index in [1.807, 2.05) is 0 Å². The summed E-state index contributed by atoms with van der Waals surface area (Å²) in [5.41, 5.74) is 0.569. The van der Waals surface area contributed by atoms with Crippen LogP contribution in [0.25, 0.3) is 0 Å². The first kappa shape index (κ1) is 20.7. The second-order valence-electron chi connectivity index (χ2n) is 5.55. The van der Waals surface area contributed by atoms with E-state index in [0.717, 1.165) is 23.9 Å². The minimum Gasteiger partial charge on any atom is -0.497 e. The van der Waals surface area contributed by atoms with Crippen molar-refractivity contribution in [3.63, 3.8) is 0 Å². The van der Waals surface area contributed by atoms with Crippen molar-refractivity contribution in [3.05, 3.63) is 54.1 Å². The Balaban J connectivity index is 1.89. The normalized spacial score (nSPS) is 10.4. The topological polar surface area (TPSA) is 58.6 Å². The maximum atomic E-state index is 13.2. The molecule has 0 atom stereocenters. The van der Waals surface area contributed by atoms with Gasteiger partial charge in [0.2, 0.25) is 11.8 Å². The lowest BCUT2D eigenvalue weighted by Gasteiger charge is -2.20. The Kier molecular flexibility index (Phi) is 7.60. The number of hydrogen-bond acceptors (Lipinski definition) is 4. The van der Waals surface area contributed by atoms with Gasteiger partial charge in [-0.05, 0) is 37.3 Å². The number of halogens is 2. The predicted molar refractivity (Wildman–Crippen MR) is 101 cm³/mol. The summed E-state index contributed by atoms with van der Waals surface area (Å²) in [6.07, 6.45) is 0. The SMILES string of the molecule is CCN(CC(=O)Nc1cccc(OC)c1)C(=O)CSc1ccc(F)c(F)c1. The number of thioether (sulfide) groups is 1. The van der Waals surface area contributed by atoms with Crippen LogP contribution in [-0.2, 0) is 9.59 Å². The lowest BCUT2D eigenvalue weighted by molar-refractivity contribution is -0.132. The molecule has 2 aromatic rings. The van der Waals surface area contributed by atoms with Gasteiger partial charge in [-0.25, -0.2) is 8.78 Å². The molecule has 0 fully saturated rings. The smallest absolute Gasteiger partial charge is 0.243 e. The molecule has 0 radical (unpaired) electrons. The second kappa shape index (κ2) is 9.91. The van der Waals surface area contributed by atoms with Gasteiger partial charge in [-0.2, -0.15) is 0 Å². The lowest BCUT2D eigenvalue weighted by Crippen LogP contribution is -2.38. The summed E-state index contributed by atoms with van der Waals surface area (Å²) in [4.78, 5) is 26.4. The fourth-order valence-corrected chi connectivity index (χ4v) is 3.08. The number of rotatable bonds is 8. The maximum absolute atomic E-state index is 13.2. The molecule has 0 heterocycles. The van der Waals surface area contributed by atoms with Crippen molar-refractivity contribution in [2.45, 2.75) is 11.8 Å². The van der Waals surface area contributed by atoms with E-state index >= 15 is 0 Å². The van der Waals surface area contributed by atoms with Gasteiger partial charge in [-0.15, -0.1) is 11.8 Å². The van der Waals surface area contributed by atoms with Crippen molar-refractivity contribution in [2.75, 3.05) is 31.3 Å². The monoisotopic (exact) mass is 394 g/mol. The molecular formula is C19H20F2N2O3S. The van der Waals surface area contributed by atoms with E-state index in [9.17, 15) is 18.4 Å². The molecule has 0 unspecified atom stereocenters. The quantitative estimate of drug-likeness (QED) is 0.696. The third kappa shape index (κ3) is 6.25. The van der Waals surface area contributed by atoms with Crippen LogP contribution in [0.1, 0.15) is 6.92 Å². The van der Waals surface area contributed by atoms with E-state index in [1.54, 1.807) is 31.2 Å². The molecule has 0 spiro atoms. The van der Waals surface area contributed by atoms with Gasteiger partial charge in [0.15, 0.2) is 11.6 Å². The summed E-state index contributed by atoms with van der Waals surface area (Å²) in [6, 6.07) is 10.4. The molecule has 0 aliphatic carbocycles. The zero-order chi connectivity index (χ0) is 19.8. The summed E-state index contributed by atoms with van der Waals surface area (Å²) in [5, 5.41) is 2.71. The fourth-order valence-electron chi connectivity index (χ4n) is 2.25. The largest absolute Gasteiger partial charge is 0.497 e. The van der Waals surface area contributed by atoms with Crippen molar-refractivity contribution < 1.29 is 23.1 Å². The zero-order valence-corrected chi connectivity index (χ0v) is 15.8. The molecule has 144 valence electrons. The Bertz CT molecular complexity index is 817. The number of nitrogens with one attached hydrogen (secondary N) is 1. The third-order valence-electron chi connectivity index (χ3n) is 3.68. The first-order valence-electron chi connectivity index (χ1n) is 8.22. The summed E-state index contributed by atoms with van der Waals surface area (Å²) in [6.45, 7) is 2.01. The summed E-state index contributed by atoms with van der Waals surface area (Å²) >= 11 is 1.08. The number of anilines is 1. The summed E-state index contributed by atoms with van der Waals surface area (Å²) in [5.74, 6) is -1.87. The van der Waals surface area contributed by atoms with Gasteiger partial charge in [-0.3, -0.25) is 9.59 Å². The minimum absolute atomic E-state index is 0.0192. The van der Waals surface area contributed by atoms with Crippen LogP contribution in [0.2, 0.25) is 0 Å². The van der Waals surface area contributed by atoms with Crippen molar-refractivity contribution in [2.24, 2.45) is 0 Å². The van der Waals surface area contributed by atoms with Gasteiger partial charge >= 0.3 is 0 Å².